The first-order chi connectivity index (χ1) is 9.24. The van der Waals surface area contributed by atoms with Gasteiger partial charge in [0.2, 0.25) is 0 Å². The van der Waals surface area contributed by atoms with Crippen LogP contribution in [0.4, 0.5) is 11.4 Å². The molecule has 3 rings (SSSR count). The number of rotatable bonds is 2. The van der Waals surface area contributed by atoms with Crippen LogP contribution in [0.1, 0.15) is 12.8 Å². The molecular weight excluding hydrogens is 258 g/mol. The molecule has 0 saturated carbocycles. The number of nitrogens with one attached hydrogen (secondary N) is 1. The molecule has 0 spiro atoms. The first kappa shape index (κ1) is 12.4. The lowest BCUT2D eigenvalue weighted by atomic mass is 10.1. The van der Waals surface area contributed by atoms with Crippen LogP contribution in [0.15, 0.2) is 30.5 Å². The van der Waals surface area contributed by atoms with Crippen molar-refractivity contribution in [3.05, 3.63) is 30.5 Å². The molecule has 1 saturated heterocycles. The van der Waals surface area contributed by atoms with Gasteiger partial charge in [0.05, 0.1) is 11.2 Å². The molecule has 0 atom stereocenters. The zero-order chi connectivity index (χ0) is 13.2. The maximum absolute atomic E-state index is 11.4. The third-order valence-corrected chi connectivity index (χ3v) is 4.93. The van der Waals surface area contributed by atoms with Crippen LogP contribution in [-0.4, -0.2) is 26.7 Å². The van der Waals surface area contributed by atoms with Crippen LogP contribution in [0, 0.1) is 0 Å². The Kier molecular flexibility index (Phi) is 3.38. The number of hydrogen-bond acceptors (Lipinski definition) is 4. The average molecular weight is 275 g/mol. The highest BCUT2D eigenvalue weighted by Gasteiger charge is 2.18. The maximum atomic E-state index is 11.4. The van der Waals surface area contributed by atoms with Crippen molar-refractivity contribution < 1.29 is 4.21 Å². The molecule has 0 bridgehead atoms. The van der Waals surface area contributed by atoms with Crippen molar-refractivity contribution in [1.29, 1.82) is 0 Å². The van der Waals surface area contributed by atoms with E-state index in [9.17, 15) is 4.21 Å². The second kappa shape index (κ2) is 5.17. The summed E-state index contributed by atoms with van der Waals surface area (Å²) in [5, 5.41) is 4.59. The number of pyridine rings is 1. The van der Waals surface area contributed by atoms with Crippen molar-refractivity contribution >= 4 is 33.1 Å². The van der Waals surface area contributed by atoms with Gasteiger partial charge in [-0.15, -0.1) is 0 Å². The predicted octanol–water partition coefficient (Wildman–Crippen LogP) is 2.14. The number of anilines is 2. The van der Waals surface area contributed by atoms with Crippen LogP contribution in [0.2, 0.25) is 0 Å². The van der Waals surface area contributed by atoms with Gasteiger partial charge in [-0.25, -0.2) is 0 Å². The lowest BCUT2D eigenvalue weighted by Crippen LogP contribution is -2.29. The summed E-state index contributed by atoms with van der Waals surface area (Å²) in [7, 11) is -0.622. The lowest BCUT2D eigenvalue weighted by Gasteiger charge is -2.24. The first-order valence-electron chi connectivity index (χ1n) is 6.49. The monoisotopic (exact) mass is 275 g/mol. The molecule has 1 fully saturated rings. The summed E-state index contributed by atoms with van der Waals surface area (Å²) >= 11 is 0. The van der Waals surface area contributed by atoms with E-state index in [1.807, 2.05) is 24.3 Å². The molecule has 0 aliphatic carbocycles. The largest absolute Gasteiger partial charge is 0.397 e. The molecule has 19 heavy (non-hydrogen) atoms. The second-order valence-corrected chi connectivity index (χ2v) is 6.56. The van der Waals surface area contributed by atoms with E-state index in [-0.39, 0.29) is 0 Å². The summed E-state index contributed by atoms with van der Waals surface area (Å²) in [5.74, 6) is 1.59. The Morgan fingerprint density at radius 1 is 1.26 bits per heavy atom. The first-order valence-corrected chi connectivity index (χ1v) is 7.97. The molecule has 0 amide bonds. The molecule has 3 N–H and O–H groups in total. The number of nitrogens with two attached hydrogens (primary N) is 1. The van der Waals surface area contributed by atoms with Gasteiger partial charge in [0.25, 0.3) is 0 Å². The van der Waals surface area contributed by atoms with E-state index in [1.165, 1.54) is 0 Å². The fraction of sp³-hybridized carbons (Fsp3) is 0.357. The number of hydrogen-bond donors (Lipinski definition) is 2. The molecule has 1 aliphatic heterocycles. The average Bonchev–Trinajstić information content (AvgIpc) is 2.45. The number of nitrogens with zero attached hydrogens (tertiary/aromatic N) is 1. The molecular formula is C14H17N3OS. The summed E-state index contributed by atoms with van der Waals surface area (Å²) in [6, 6.07) is 8.23. The minimum absolute atomic E-state index is 0.393. The lowest BCUT2D eigenvalue weighted by molar-refractivity contribution is 0.624. The van der Waals surface area contributed by atoms with E-state index in [2.05, 4.69) is 10.3 Å². The van der Waals surface area contributed by atoms with Crippen LogP contribution in [0.25, 0.3) is 10.9 Å². The van der Waals surface area contributed by atoms with Gasteiger partial charge < -0.3 is 11.1 Å². The highest BCUT2D eigenvalue weighted by molar-refractivity contribution is 7.85. The van der Waals surface area contributed by atoms with Gasteiger partial charge in [0, 0.05) is 45.6 Å². The van der Waals surface area contributed by atoms with Gasteiger partial charge in [-0.3, -0.25) is 9.19 Å². The van der Waals surface area contributed by atoms with Gasteiger partial charge in [-0.1, -0.05) is 0 Å². The van der Waals surface area contributed by atoms with Crippen molar-refractivity contribution in [3.8, 4) is 0 Å². The quantitative estimate of drug-likeness (QED) is 0.824. The van der Waals surface area contributed by atoms with Gasteiger partial charge in [0.1, 0.15) is 0 Å². The molecule has 1 aromatic heterocycles. The molecule has 4 nitrogen and oxygen atoms in total. The number of benzene rings is 1. The van der Waals surface area contributed by atoms with Crippen molar-refractivity contribution in [2.45, 2.75) is 18.9 Å². The molecule has 1 aliphatic rings. The summed E-state index contributed by atoms with van der Waals surface area (Å²) in [6.07, 6.45) is 3.67. The van der Waals surface area contributed by atoms with E-state index < -0.39 is 10.8 Å². The fourth-order valence-corrected chi connectivity index (χ4v) is 3.78. The Labute approximate surface area is 114 Å². The van der Waals surface area contributed by atoms with Crippen LogP contribution in [0.5, 0.6) is 0 Å². The minimum atomic E-state index is -0.622. The summed E-state index contributed by atoms with van der Waals surface area (Å²) in [5.41, 5.74) is 8.55. The van der Waals surface area contributed by atoms with E-state index in [0.717, 1.165) is 40.9 Å². The van der Waals surface area contributed by atoms with E-state index >= 15 is 0 Å². The molecule has 2 heterocycles. The molecule has 100 valence electrons. The van der Waals surface area contributed by atoms with E-state index in [4.69, 9.17) is 5.73 Å². The maximum Gasteiger partial charge on any atom is 0.0951 e. The fourth-order valence-electron chi connectivity index (χ4n) is 2.48. The summed E-state index contributed by atoms with van der Waals surface area (Å²) in [6.45, 7) is 0. The third-order valence-electron chi connectivity index (χ3n) is 3.55. The van der Waals surface area contributed by atoms with Crippen molar-refractivity contribution in [1.82, 2.24) is 4.98 Å². The van der Waals surface area contributed by atoms with Crippen LogP contribution >= 0.6 is 0 Å². The summed E-state index contributed by atoms with van der Waals surface area (Å²) < 4.78 is 11.4. The van der Waals surface area contributed by atoms with E-state index in [1.54, 1.807) is 6.20 Å². The SMILES string of the molecule is Nc1ccc(NC2CCS(=O)CC2)c2cccnc12. The Bertz CT molecular complexity index is 619. The topological polar surface area (TPSA) is 68.0 Å². The Hall–Kier alpha value is -1.62. The standard InChI is InChI=1S/C14H17N3OS/c15-12-3-4-13(11-2-1-7-16-14(11)12)17-10-5-8-19(18)9-6-10/h1-4,7,10,17H,5-6,8-9,15H2. The van der Waals surface area contributed by atoms with Crippen molar-refractivity contribution in [3.63, 3.8) is 0 Å². The van der Waals surface area contributed by atoms with Gasteiger partial charge >= 0.3 is 0 Å². The highest BCUT2D eigenvalue weighted by atomic mass is 32.2. The zero-order valence-corrected chi connectivity index (χ0v) is 11.5. The highest BCUT2D eigenvalue weighted by Crippen LogP contribution is 2.28. The second-order valence-electron chi connectivity index (χ2n) is 4.87. The minimum Gasteiger partial charge on any atom is -0.397 e. The number of aromatic nitrogens is 1. The number of fused-ring (bicyclic) bond motifs is 1. The Morgan fingerprint density at radius 2 is 2.05 bits per heavy atom. The van der Waals surface area contributed by atoms with Crippen LogP contribution in [0.3, 0.4) is 0 Å². The molecule has 2 aromatic rings. The molecule has 1 aromatic carbocycles. The molecule has 5 heteroatoms. The predicted molar refractivity (Wildman–Crippen MR) is 80.7 cm³/mol. The molecule has 0 unspecified atom stereocenters. The summed E-state index contributed by atoms with van der Waals surface area (Å²) in [4.78, 5) is 4.33. The van der Waals surface area contributed by atoms with Crippen molar-refractivity contribution in [2.24, 2.45) is 0 Å². The normalized spacial score (nSPS) is 23.4. The Balaban J connectivity index is 1.89. The zero-order valence-electron chi connectivity index (χ0n) is 10.6. The Morgan fingerprint density at radius 3 is 2.84 bits per heavy atom. The van der Waals surface area contributed by atoms with Gasteiger partial charge in [0.15, 0.2) is 0 Å². The number of nitrogen functional groups attached to an aromatic ring is 1. The smallest absolute Gasteiger partial charge is 0.0951 e. The van der Waals surface area contributed by atoms with Gasteiger partial charge in [-0.2, -0.15) is 0 Å². The van der Waals surface area contributed by atoms with E-state index in [0.29, 0.717) is 11.7 Å². The third kappa shape index (κ3) is 2.56. The molecule has 0 radical (unpaired) electrons. The van der Waals surface area contributed by atoms with Gasteiger partial charge in [-0.05, 0) is 37.1 Å². The van der Waals surface area contributed by atoms with Crippen LogP contribution < -0.4 is 11.1 Å². The van der Waals surface area contributed by atoms with Crippen LogP contribution in [-0.2, 0) is 10.8 Å². The van der Waals surface area contributed by atoms with Crippen molar-refractivity contribution in [2.75, 3.05) is 22.6 Å².